The van der Waals surface area contributed by atoms with E-state index in [1.807, 2.05) is 12.1 Å². The van der Waals surface area contributed by atoms with Gasteiger partial charge in [0.05, 0.1) is 22.5 Å². The van der Waals surface area contributed by atoms with E-state index in [0.717, 1.165) is 43.0 Å². The van der Waals surface area contributed by atoms with Gasteiger partial charge in [0.1, 0.15) is 12.1 Å². The van der Waals surface area contributed by atoms with E-state index in [9.17, 15) is 0 Å². The summed E-state index contributed by atoms with van der Waals surface area (Å²) in [5.74, 6) is 2.21. The summed E-state index contributed by atoms with van der Waals surface area (Å²) in [5.41, 5.74) is 2.02. The summed E-state index contributed by atoms with van der Waals surface area (Å²) in [6.07, 6.45) is 3.84. The number of anilines is 1. The van der Waals surface area contributed by atoms with Crippen molar-refractivity contribution in [2.75, 3.05) is 24.6 Å². The number of fused-ring (bicyclic) bond motifs is 1. The highest BCUT2D eigenvalue weighted by Gasteiger charge is 2.23. The molecule has 0 radical (unpaired) electrons. The van der Waals surface area contributed by atoms with Crippen LogP contribution in [0, 0.1) is 5.92 Å². The molecule has 142 valence electrons. The minimum atomic E-state index is 0.00728. The van der Waals surface area contributed by atoms with Crippen LogP contribution in [-0.2, 0) is 5.41 Å². The van der Waals surface area contributed by atoms with Gasteiger partial charge in [-0.2, -0.15) is 5.10 Å². The number of thiophene rings is 1. The highest BCUT2D eigenvalue weighted by Crippen LogP contribution is 2.31. The van der Waals surface area contributed by atoms with Crippen LogP contribution >= 0.6 is 11.3 Å². The summed E-state index contributed by atoms with van der Waals surface area (Å²) >= 11 is 1.71. The minimum absolute atomic E-state index is 0.00728. The lowest BCUT2D eigenvalue weighted by Crippen LogP contribution is -2.36. The lowest BCUT2D eigenvalue weighted by Gasteiger charge is -2.32. The van der Waals surface area contributed by atoms with E-state index in [0.29, 0.717) is 18.4 Å². The van der Waals surface area contributed by atoms with E-state index in [1.165, 1.54) is 4.70 Å². The van der Waals surface area contributed by atoms with Crippen molar-refractivity contribution in [1.29, 1.82) is 0 Å². The monoisotopic (exact) mass is 383 g/mol. The SMILES string of the molecule is CC(C)(C)c1ccc(OCC2CCN(c3ncnc4ccsc34)CC2)nn1. The average Bonchev–Trinajstić information content (AvgIpc) is 3.15. The molecule has 0 unspecified atom stereocenters. The van der Waals surface area contributed by atoms with E-state index in [1.54, 1.807) is 17.7 Å². The van der Waals surface area contributed by atoms with Crippen LogP contribution in [0.3, 0.4) is 0 Å². The first kappa shape index (κ1) is 18.1. The first-order valence-electron chi connectivity index (χ1n) is 9.41. The molecule has 1 aliphatic heterocycles. The fourth-order valence-electron chi connectivity index (χ4n) is 3.31. The number of aromatic nitrogens is 4. The van der Waals surface area contributed by atoms with E-state index < -0.39 is 0 Å². The maximum Gasteiger partial charge on any atom is 0.233 e. The summed E-state index contributed by atoms with van der Waals surface area (Å²) in [6.45, 7) is 9.07. The predicted octanol–water partition coefficient (Wildman–Crippen LogP) is 4.07. The van der Waals surface area contributed by atoms with Crippen molar-refractivity contribution in [2.45, 2.75) is 39.0 Å². The Bertz CT molecular complexity index is 895. The molecular weight excluding hydrogens is 358 g/mol. The molecular formula is C20H25N5OS. The average molecular weight is 384 g/mol. The lowest BCUT2D eigenvalue weighted by atomic mass is 9.92. The topological polar surface area (TPSA) is 64.0 Å². The number of hydrogen-bond acceptors (Lipinski definition) is 7. The van der Waals surface area contributed by atoms with Gasteiger partial charge in [-0.15, -0.1) is 16.4 Å². The summed E-state index contributed by atoms with van der Waals surface area (Å²) in [6, 6.07) is 5.99. The number of nitrogens with zero attached hydrogens (tertiary/aromatic N) is 5. The second kappa shape index (κ2) is 7.38. The highest BCUT2D eigenvalue weighted by atomic mass is 32.1. The van der Waals surface area contributed by atoms with E-state index in [2.05, 4.69) is 57.3 Å². The quantitative estimate of drug-likeness (QED) is 0.677. The van der Waals surface area contributed by atoms with E-state index in [4.69, 9.17) is 4.74 Å². The van der Waals surface area contributed by atoms with E-state index >= 15 is 0 Å². The molecule has 3 aromatic heterocycles. The standard InChI is InChI=1S/C20H25N5OS/c1-20(2,3)16-4-5-17(24-23-16)26-12-14-6-9-25(10-7-14)19-18-15(8-11-27-18)21-13-22-19/h4-5,8,11,13-14H,6-7,9-10,12H2,1-3H3. The molecule has 27 heavy (non-hydrogen) atoms. The maximum atomic E-state index is 5.90. The van der Waals surface area contributed by atoms with Crippen molar-refractivity contribution in [3.8, 4) is 5.88 Å². The third-order valence-electron chi connectivity index (χ3n) is 5.01. The van der Waals surface area contributed by atoms with Gasteiger partial charge in [0.15, 0.2) is 0 Å². The molecule has 0 aromatic carbocycles. The van der Waals surface area contributed by atoms with Crippen molar-refractivity contribution in [3.63, 3.8) is 0 Å². The molecule has 1 aliphatic rings. The third kappa shape index (κ3) is 4.03. The smallest absolute Gasteiger partial charge is 0.233 e. The van der Waals surface area contributed by atoms with Gasteiger partial charge < -0.3 is 9.64 Å². The van der Waals surface area contributed by atoms with Crippen LogP contribution in [0.2, 0.25) is 0 Å². The number of rotatable bonds is 4. The molecule has 0 amide bonds. The Hall–Kier alpha value is -2.28. The van der Waals surface area contributed by atoms with Gasteiger partial charge in [-0.1, -0.05) is 20.8 Å². The molecule has 0 spiro atoms. The van der Waals surface area contributed by atoms with Gasteiger partial charge in [-0.25, -0.2) is 9.97 Å². The zero-order valence-electron chi connectivity index (χ0n) is 16.1. The third-order valence-corrected chi connectivity index (χ3v) is 5.91. The van der Waals surface area contributed by atoms with Crippen LogP contribution in [-0.4, -0.2) is 39.9 Å². The Labute approximate surface area is 163 Å². The number of hydrogen-bond donors (Lipinski definition) is 0. The van der Waals surface area contributed by atoms with Crippen molar-refractivity contribution in [1.82, 2.24) is 20.2 Å². The van der Waals surface area contributed by atoms with E-state index in [-0.39, 0.29) is 5.41 Å². The maximum absolute atomic E-state index is 5.90. The molecule has 0 atom stereocenters. The molecule has 0 saturated carbocycles. The molecule has 7 heteroatoms. The fraction of sp³-hybridized carbons (Fsp3) is 0.500. The molecule has 3 aromatic rings. The van der Waals surface area contributed by atoms with Crippen molar-refractivity contribution >= 4 is 27.4 Å². The number of piperidine rings is 1. The molecule has 0 aliphatic carbocycles. The van der Waals surface area contributed by atoms with Crippen LogP contribution < -0.4 is 9.64 Å². The molecule has 4 heterocycles. The van der Waals surface area contributed by atoms with Gasteiger partial charge in [0.2, 0.25) is 5.88 Å². The van der Waals surface area contributed by atoms with Crippen LogP contribution in [0.25, 0.3) is 10.2 Å². The van der Waals surface area contributed by atoms with Crippen molar-refractivity contribution in [2.24, 2.45) is 5.92 Å². The largest absolute Gasteiger partial charge is 0.476 e. The first-order chi connectivity index (χ1) is 13.0. The Morgan fingerprint density at radius 3 is 2.63 bits per heavy atom. The van der Waals surface area contributed by atoms with Gasteiger partial charge >= 0.3 is 0 Å². The first-order valence-corrected chi connectivity index (χ1v) is 10.3. The Balaban J connectivity index is 1.31. The zero-order chi connectivity index (χ0) is 18.9. The predicted molar refractivity (Wildman–Crippen MR) is 109 cm³/mol. The normalized spacial score (nSPS) is 16.0. The minimum Gasteiger partial charge on any atom is -0.476 e. The number of ether oxygens (including phenoxy) is 1. The van der Waals surface area contributed by atoms with Gasteiger partial charge in [0, 0.05) is 24.6 Å². The summed E-state index contributed by atoms with van der Waals surface area (Å²) in [5, 5.41) is 10.6. The molecule has 6 nitrogen and oxygen atoms in total. The second-order valence-electron chi connectivity index (χ2n) is 8.08. The van der Waals surface area contributed by atoms with Crippen LogP contribution in [0.4, 0.5) is 5.82 Å². The molecule has 0 N–H and O–H groups in total. The highest BCUT2D eigenvalue weighted by molar-refractivity contribution is 7.17. The van der Waals surface area contributed by atoms with Crippen molar-refractivity contribution in [3.05, 3.63) is 35.6 Å². The van der Waals surface area contributed by atoms with Crippen molar-refractivity contribution < 1.29 is 4.74 Å². The summed E-state index contributed by atoms with van der Waals surface area (Å²) < 4.78 is 7.08. The van der Waals surface area contributed by atoms with Crippen LogP contribution in [0.15, 0.2) is 29.9 Å². The summed E-state index contributed by atoms with van der Waals surface area (Å²) in [4.78, 5) is 11.2. The second-order valence-corrected chi connectivity index (χ2v) is 9.00. The Morgan fingerprint density at radius 2 is 1.93 bits per heavy atom. The van der Waals surface area contributed by atoms with Gasteiger partial charge in [-0.05, 0) is 36.3 Å². The Morgan fingerprint density at radius 1 is 1.11 bits per heavy atom. The lowest BCUT2D eigenvalue weighted by molar-refractivity contribution is 0.213. The molecule has 1 saturated heterocycles. The summed E-state index contributed by atoms with van der Waals surface area (Å²) in [7, 11) is 0. The molecule has 1 fully saturated rings. The van der Waals surface area contributed by atoms with Gasteiger partial charge in [0.25, 0.3) is 0 Å². The van der Waals surface area contributed by atoms with Crippen LogP contribution in [0.5, 0.6) is 5.88 Å². The molecule has 4 rings (SSSR count). The van der Waals surface area contributed by atoms with Gasteiger partial charge in [-0.3, -0.25) is 0 Å². The Kier molecular flexibility index (Phi) is 4.95. The molecule has 0 bridgehead atoms. The zero-order valence-corrected chi connectivity index (χ0v) is 16.9. The fourth-order valence-corrected chi connectivity index (χ4v) is 4.17. The van der Waals surface area contributed by atoms with Crippen LogP contribution in [0.1, 0.15) is 39.3 Å².